The normalized spacial score (nSPS) is 11.0. The van der Waals surface area contributed by atoms with E-state index in [1.165, 1.54) is 22.1 Å². The molecule has 84 valence electrons. The molecule has 16 heavy (non-hydrogen) atoms. The molecule has 0 amide bonds. The van der Waals surface area contributed by atoms with Crippen LogP contribution in [-0.2, 0) is 9.67 Å². The first-order valence-electron chi connectivity index (χ1n) is 5.23. The summed E-state index contributed by atoms with van der Waals surface area (Å²) in [6, 6.07) is 6.49. The van der Waals surface area contributed by atoms with E-state index in [9.17, 15) is 0 Å². The number of benzene rings is 1. The molecular weight excluding hydrogens is 313 g/mol. The zero-order valence-corrected chi connectivity index (χ0v) is 11.8. The molecule has 0 unspecified atom stereocenters. The van der Waals surface area contributed by atoms with Crippen molar-refractivity contribution in [2.45, 2.75) is 27.4 Å². The second-order valence-corrected chi connectivity index (χ2v) is 4.75. The fourth-order valence-corrected chi connectivity index (χ4v) is 2.25. The molecule has 0 N–H and O–H groups in total. The Morgan fingerprint density at radius 1 is 1.12 bits per heavy atom. The van der Waals surface area contributed by atoms with Gasteiger partial charge in [-0.15, -0.1) is 0 Å². The minimum atomic E-state index is 0.643. The van der Waals surface area contributed by atoms with E-state index in [1.807, 2.05) is 23.0 Å². The molecule has 0 aliphatic carbocycles. The van der Waals surface area contributed by atoms with Gasteiger partial charge in [0.25, 0.3) is 0 Å². The van der Waals surface area contributed by atoms with Gasteiger partial charge in [0.05, 0.1) is 12.1 Å². The van der Waals surface area contributed by atoms with Gasteiger partial charge in [-0.05, 0) is 49.6 Å². The molecule has 2 aromatic rings. The third-order valence-corrected chi connectivity index (χ3v) is 3.14. The van der Waals surface area contributed by atoms with E-state index in [0.29, 0.717) is 6.61 Å². The van der Waals surface area contributed by atoms with E-state index in [0.717, 1.165) is 11.2 Å². The van der Waals surface area contributed by atoms with E-state index >= 15 is 0 Å². The van der Waals surface area contributed by atoms with E-state index in [2.05, 4.69) is 44.0 Å². The summed E-state index contributed by atoms with van der Waals surface area (Å²) in [5.74, 6) is 0. The van der Waals surface area contributed by atoms with Crippen LogP contribution in [0.2, 0.25) is 0 Å². The molecule has 2 nitrogen and oxygen atoms in total. The van der Waals surface area contributed by atoms with Crippen molar-refractivity contribution in [2.75, 3.05) is 0 Å². The van der Waals surface area contributed by atoms with Crippen molar-refractivity contribution in [2.24, 2.45) is 0 Å². The molecule has 0 saturated carbocycles. The summed E-state index contributed by atoms with van der Waals surface area (Å²) in [5, 5.41) is 1.20. The van der Waals surface area contributed by atoms with Crippen molar-refractivity contribution in [1.82, 2.24) is 4.98 Å². The van der Waals surface area contributed by atoms with Gasteiger partial charge in [-0.25, -0.2) is 0 Å². The van der Waals surface area contributed by atoms with Crippen LogP contribution < -0.4 is 0 Å². The van der Waals surface area contributed by atoms with E-state index in [4.69, 9.17) is 3.07 Å². The molecule has 3 heteroatoms. The molecule has 0 spiro atoms. The molecule has 1 aromatic carbocycles. The van der Waals surface area contributed by atoms with Crippen LogP contribution in [0.1, 0.15) is 22.4 Å². The smallest absolute Gasteiger partial charge is 0.110 e. The quantitative estimate of drug-likeness (QED) is 0.777. The molecule has 0 radical (unpaired) electrons. The minimum Gasteiger partial charge on any atom is -0.311 e. The highest BCUT2D eigenvalue weighted by Gasteiger charge is 2.04. The van der Waals surface area contributed by atoms with Crippen molar-refractivity contribution in [3.63, 3.8) is 0 Å². The number of nitrogens with zero attached hydrogens (tertiary/aromatic N) is 1. The van der Waals surface area contributed by atoms with Crippen LogP contribution in [-0.4, -0.2) is 4.98 Å². The first kappa shape index (κ1) is 11.8. The number of hydrogen-bond donors (Lipinski definition) is 0. The fraction of sp³-hybridized carbons (Fsp3) is 0.308. The average Bonchev–Trinajstić information content (AvgIpc) is 2.22. The maximum atomic E-state index is 5.14. The van der Waals surface area contributed by atoms with Crippen molar-refractivity contribution in [1.29, 1.82) is 0 Å². The lowest BCUT2D eigenvalue weighted by Crippen LogP contribution is -1.93. The zero-order chi connectivity index (χ0) is 11.7. The van der Waals surface area contributed by atoms with Crippen LogP contribution in [0.4, 0.5) is 0 Å². The third-order valence-electron chi connectivity index (χ3n) is 2.83. The SMILES string of the molecule is Cc1cc2cc(COI)cc(C)c2nc1C. The Kier molecular flexibility index (Phi) is 3.44. The summed E-state index contributed by atoms with van der Waals surface area (Å²) in [5.41, 5.74) is 5.85. The van der Waals surface area contributed by atoms with Crippen LogP contribution >= 0.6 is 23.0 Å². The second-order valence-electron chi connectivity index (χ2n) is 4.13. The van der Waals surface area contributed by atoms with E-state index < -0.39 is 0 Å². The van der Waals surface area contributed by atoms with E-state index in [-0.39, 0.29) is 0 Å². The van der Waals surface area contributed by atoms with Crippen LogP contribution in [0.15, 0.2) is 18.2 Å². The third kappa shape index (κ3) is 2.20. The van der Waals surface area contributed by atoms with E-state index in [1.54, 1.807) is 0 Å². The predicted octanol–water partition coefficient (Wildman–Crippen LogP) is 4.03. The Bertz CT molecular complexity index is 537. The Hall–Kier alpha value is -0.680. The highest BCUT2D eigenvalue weighted by Crippen LogP contribution is 2.22. The number of fused-ring (bicyclic) bond motifs is 1. The number of aromatic nitrogens is 1. The Morgan fingerprint density at radius 3 is 2.56 bits per heavy atom. The van der Waals surface area contributed by atoms with Gasteiger partial charge in [0, 0.05) is 11.1 Å². The molecule has 0 aliphatic rings. The van der Waals surface area contributed by atoms with Crippen molar-refractivity contribution in [3.8, 4) is 0 Å². The summed E-state index contributed by atoms with van der Waals surface area (Å²) >= 11 is 1.92. The molecule has 1 heterocycles. The monoisotopic (exact) mass is 327 g/mol. The Labute approximate surface area is 110 Å². The summed E-state index contributed by atoms with van der Waals surface area (Å²) < 4.78 is 5.14. The lowest BCUT2D eigenvalue weighted by atomic mass is 10.0. The number of pyridine rings is 1. The molecule has 1 aromatic heterocycles. The summed E-state index contributed by atoms with van der Waals surface area (Å²) in [7, 11) is 0. The van der Waals surface area contributed by atoms with Crippen LogP contribution in [0.3, 0.4) is 0 Å². The number of rotatable bonds is 2. The standard InChI is InChI=1S/C13H14INO/c1-8-5-12-6-11(7-16-14)4-9(2)13(12)15-10(8)3/h4-6H,7H2,1-3H3. The zero-order valence-electron chi connectivity index (χ0n) is 9.67. The van der Waals surface area contributed by atoms with Gasteiger partial charge in [0.2, 0.25) is 0 Å². The van der Waals surface area contributed by atoms with Gasteiger partial charge in [0.15, 0.2) is 0 Å². The van der Waals surface area contributed by atoms with Crippen molar-refractivity contribution in [3.05, 3.63) is 40.6 Å². The van der Waals surface area contributed by atoms with Crippen LogP contribution in [0.25, 0.3) is 10.9 Å². The van der Waals surface area contributed by atoms with Crippen LogP contribution in [0.5, 0.6) is 0 Å². The summed E-state index contributed by atoms with van der Waals surface area (Å²) in [6.07, 6.45) is 0. The summed E-state index contributed by atoms with van der Waals surface area (Å²) in [6.45, 7) is 6.89. The van der Waals surface area contributed by atoms with Gasteiger partial charge in [0.1, 0.15) is 23.0 Å². The first-order chi connectivity index (χ1) is 7.61. The highest BCUT2D eigenvalue weighted by molar-refractivity contribution is 14.1. The van der Waals surface area contributed by atoms with Gasteiger partial charge in [-0.2, -0.15) is 0 Å². The lowest BCUT2D eigenvalue weighted by molar-refractivity contribution is 0.418. The van der Waals surface area contributed by atoms with Crippen molar-refractivity contribution >= 4 is 33.9 Å². The molecule has 0 bridgehead atoms. The maximum Gasteiger partial charge on any atom is 0.110 e. The molecule has 0 atom stereocenters. The topological polar surface area (TPSA) is 22.1 Å². The van der Waals surface area contributed by atoms with Gasteiger partial charge >= 0.3 is 0 Å². The molecule has 2 rings (SSSR count). The average molecular weight is 327 g/mol. The maximum absolute atomic E-state index is 5.14. The van der Waals surface area contributed by atoms with Gasteiger partial charge in [-0.3, -0.25) is 4.98 Å². The number of hydrogen-bond acceptors (Lipinski definition) is 2. The molecule has 0 aliphatic heterocycles. The minimum absolute atomic E-state index is 0.643. The largest absolute Gasteiger partial charge is 0.311 e. The first-order valence-corrected chi connectivity index (χ1v) is 6.11. The molecule has 0 fully saturated rings. The van der Waals surface area contributed by atoms with Gasteiger partial charge < -0.3 is 3.07 Å². The molecule has 0 saturated heterocycles. The predicted molar refractivity (Wildman–Crippen MR) is 74.8 cm³/mol. The Morgan fingerprint density at radius 2 is 1.88 bits per heavy atom. The van der Waals surface area contributed by atoms with Gasteiger partial charge in [-0.1, -0.05) is 6.07 Å². The van der Waals surface area contributed by atoms with Crippen molar-refractivity contribution < 1.29 is 3.07 Å². The van der Waals surface area contributed by atoms with Crippen LogP contribution in [0, 0.1) is 20.8 Å². The second kappa shape index (κ2) is 4.67. The Balaban J connectivity index is 2.67. The molecular formula is C13H14INO. The summed E-state index contributed by atoms with van der Waals surface area (Å²) in [4.78, 5) is 4.63. The number of aryl methyl sites for hydroxylation is 3. The number of halogens is 1. The fourth-order valence-electron chi connectivity index (χ4n) is 1.89. The highest BCUT2D eigenvalue weighted by atomic mass is 127. The lowest BCUT2D eigenvalue weighted by Gasteiger charge is -2.08.